The Morgan fingerprint density at radius 3 is 2.50 bits per heavy atom. The van der Waals surface area contributed by atoms with Crippen molar-refractivity contribution in [2.75, 3.05) is 39.3 Å². The maximum atomic E-state index is 13.5. The Hall–Kier alpha value is -1.82. The summed E-state index contributed by atoms with van der Waals surface area (Å²) < 4.78 is 5.31. The number of likely N-dealkylation sites (tertiary alicyclic amines) is 3. The first-order valence-electron chi connectivity index (χ1n) is 9.79. The maximum Gasteiger partial charge on any atom is 0.257 e. The van der Waals surface area contributed by atoms with E-state index in [4.69, 9.17) is 4.42 Å². The molecule has 26 heavy (non-hydrogen) atoms. The number of carbonyl (C=O) groups excluding carboxylic acids is 2. The van der Waals surface area contributed by atoms with Crippen LogP contribution < -0.4 is 0 Å². The highest BCUT2D eigenvalue weighted by Crippen LogP contribution is 2.45. The lowest BCUT2D eigenvalue weighted by molar-refractivity contribution is -0.141. The Labute approximate surface area is 155 Å². The number of hydrogen-bond acceptors (Lipinski definition) is 4. The molecule has 0 bridgehead atoms. The molecule has 0 spiro atoms. The minimum atomic E-state index is -0.443. The molecule has 0 aliphatic carbocycles. The molecule has 0 radical (unpaired) electrons. The number of nitrogens with zero attached hydrogens (tertiary/aromatic N) is 3. The van der Waals surface area contributed by atoms with Crippen LogP contribution in [0.15, 0.2) is 16.7 Å². The number of furan rings is 1. The van der Waals surface area contributed by atoms with Gasteiger partial charge in [0.1, 0.15) is 5.76 Å². The summed E-state index contributed by atoms with van der Waals surface area (Å²) in [5.41, 5.74) is 0.177. The summed E-state index contributed by atoms with van der Waals surface area (Å²) in [7, 11) is 0. The van der Waals surface area contributed by atoms with E-state index in [0.717, 1.165) is 39.0 Å². The lowest BCUT2D eigenvalue weighted by Gasteiger charge is -2.33. The van der Waals surface area contributed by atoms with Gasteiger partial charge in [0.05, 0.1) is 17.2 Å². The summed E-state index contributed by atoms with van der Waals surface area (Å²) in [6.07, 6.45) is 3.75. The van der Waals surface area contributed by atoms with E-state index >= 15 is 0 Å². The second-order valence-electron chi connectivity index (χ2n) is 8.45. The number of aryl methyl sites for hydroxylation is 1. The number of fused-ring (bicyclic) bond motifs is 1. The highest BCUT2D eigenvalue weighted by Gasteiger charge is 2.59. The molecular formula is C20H29N3O3. The molecule has 3 aliphatic heterocycles. The molecule has 6 heteroatoms. The first-order chi connectivity index (χ1) is 12.4. The molecule has 2 amide bonds. The Kier molecular flexibility index (Phi) is 4.34. The summed E-state index contributed by atoms with van der Waals surface area (Å²) in [6, 6.07) is 2.16. The summed E-state index contributed by atoms with van der Waals surface area (Å²) in [5, 5.41) is 0. The monoisotopic (exact) mass is 359 g/mol. The van der Waals surface area contributed by atoms with Crippen molar-refractivity contribution in [1.82, 2.24) is 14.7 Å². The zero-order valence-corrected chi connectivity index (χ0v) is 16.0. The minimum absolute atomic E-state index is 0.00431. The van der Waals surface area contributed by atoms with Gasteiger partial charge in [0.25, 0.3) is 5.91 Å². The van der Waals surface area contributed by atoms with Gasteiger partial charge < -0.3 is 14.2 Å². The van der Waals surface area contributed by atoms with Crippen molar-refractivity contribution in [2.45, 2.75) is 39.7 Å². The molecule has 3 fully saturated rings. The lowest BCUT2D eigenvalue weighted by atomic mass is 9.79. The van der Waals surface area contributed by atoms with Gasteiger partial charge in [-0.25, -0.2) is 0 Å². The summed E-state index contributed by atoms with van der Waals surface area (Å²) in [5.74, 6) is 1.13. The zero-order chi connectivity index (χ0) is 18.5. The molecule has 3 aliphatic rings. The highest BCUT2D eigenvalue weighted by atomic mass is 16.3. The number of amides is 2. The first-order valence-corrected chi connectivity index (χ1v) is 9.79. The van der Waals surface area contributed by atoms with E-state index < -0.39 is 5.41 Å². The molecule has 4 rings (SSSR count). The predicted molar refractivity (Wildman–Crippen MR) is 97.8 cm³/mol. The number of carbonyl (C=O) groups is 2. The van der Waals surface area contributed by atoms with E-state index in [1.807, 2.05) is 16.7 Å². The van der Waals surface area contributed by atoms with Crippen LogP contribution in [0, 0.1) is 18.3 Å². The van der Waals surface area contributed by atoms with Gasteiger partial charge in [0.2, 0.25) is 5.91 Å². The Morgan fingerprint density at radius 1 is 1.15 bits per heavy atom. The zero-order valence-electron chi connectivity index (χ0n) is 16.0. The van der Waals surface area contributed by atoms with Crippen molar-refractivity contribution < 1.29 is 14.0 Å². The molecular weight excluding hydrogens is 330 g/mol. The number of rotatable bonds is 3. The summed E-state index contributed by atoms with van der Waals surface area (Å²) >= 11 is 0. The van der Waals surface area contributed by atoms with Crippen molar-refractivity contribution in [2.24, 2.45) is 11.3 Å². The molecule has 1 aromatic rings. The van der Waals surface area contributed by atoms with E-state index in [1.165, 1.54) is 0 Å². The minimum Gasteiger partial charge on any atom is -0.469 e. The van der Waals surface area contributed by atoms with Crippen molar-refractivity contribution in [3.8, 4) is 0 Å². The SMILES string of the molecule is Cc1occc1C(=O)N1C[C@@H]2CN(C(C)C)C[C@]2(C(=O)N2CCCC2)C1. The lowest BCUT2D eigenvalue weighted by Crippen LogP contribution is -2.49. The Morgan fingerprint density at radius 2 is 1.88 bits per heavy atom. The largest absolute Gasteiger partial charge is 0.469 e. The van der Waals surface area contributed by atoms with Gasteiger partial charge in [0.15, 0.2) is 0 Å². The molecule has 3 saturated heterocycles. The molecule has 0 saturated carbocycles. The van der Waals surface area contributed by atoms with Crippen LogP contribution in [0.4, 0.5) is 0 Å². The standard InChI is InChI=1S/C20H29N3O3/c1-14(2)22-10-16-11-23(18(24)17-6-9-26-15(17)3)13-20(16,12-22)19(25)21-7-4-5-8-21/h6,9,14,16H,4-5,7-8,10-13H2,1-3H3/t16-,20-/m0/s1. The van der Waals surface area contributed by atoms with Gasteiger partial charge in [-0.05, 0) is 39.7 Å². The second-order valence-corrected chi connectivity index (χ2v) is 8.45. The molecule has 142 valence electrons. The van der Waals surface area contributed by atoms with Gasteiger partial charge in [0, 0.05) is 51.2 Å². The van der Waals surface area contributed by atoms with Crippen LogP contribution >= 0.6 is 0 Å². The second kappa shape index (κ2) is 6.41. The van der Waals surface area contributed by atoms with Crippen molar-refractivity contribution in [3.05, 3.63) is 23.7 Å². The van der Waals surface area contributed by atoms with Crippen molar-refractivity contribution >= 4 is 11.8 Å². The van der Waals surface area contributed by atoms with E-state index in [0.29, 0.717) is 30.5 Å². The van der Waals surface area contributed by atoms with Crippen LogP contribution in [0.3, 0.4) is 0 Å². The smallest absolute Gasteiger partial charge is 0.257 e. The quantitative estimate of drug-likeness (QED) is 0.828. The Bertz CT molecular complexity index is 707. The average Bonchev–Trinajstić information content (AvgIpc) is 3.36. The van der Waals surface area contributed by atoms with Crippen LogP contribution in [0.1, 0.15) is 42.8 Å². The van der Waals surface area contributed by atoms with Gasteiger partial charge in [-0.3, -0.25) is 14.5 Å². The Balaban J connectivity index is 1.60. The predicted octanol–water partition coefficient (Wildman–Crippen LogP) is 1.99. The number of hydrogen-bond donors (Lipinski definition) is 0. The third kappa shape index (κ3) is 2.66. The normalized spacial score (nSPS) is 29.0. The maximum absolute atomic E-state index is 13.5. The van der Waals surface area contributed by atoms with Gasteiger partial charge in [-0.2, -0.15) is 0 Å². The topological polar surface area (TPSA) is 57.0 Å². The average molecular weight is 359 g/mol. The molecule has 2 atom stereocenters. The summed E-state index contributed by atoms with van der Waals surface area (Å²) in [4.78, 5) is 32.8. The first kappa shape index (κ1) is 17.6. The van der Waals surface area contributed by atoms with Crippen molar-refractivity contribution in [1.29, 1.82) is 0 Å². The fourth-order valence-corrected chi connectivity index (χ4v) is 4.97. The van der Waals surface area contributed by atoms with Crippen LogP contribution in [0.25, 0.3) is 0 Å². The molecule has 1 aromatic heterocycles. The molecule has 4 heterocycles. The highest BCUT2D eigenvalue weighted by molar-refractivity contribution is 5.96. The van der Waals surface area contributed by atoms with Gasteiger partial charge in [-0.15, -0.1) is 0 Å². The molecule has 6 nitrogen and oxygen atoms in total. The van der Waals surface area contributed by atoms with Crippen LogP contribution in [0.5, 0.6) is 0 Å². The molecule has 0 N–H and O–H groups in total. The van der Waals surface area contributed by atoms with E-state index in [9.17, 15) is 9.59 Å². The van der Waals surface area contributed by atoms with Crippen LogP contribution in [0.2, 0.25) is 0 Å². The third-order valence-electron chi connectivity index (χ3n) is 6.56. The third-order valence-corrected chi connectivity index (χ3v) is 6.56. The van der Waals surface area contributed by atoms with Crippen LogP contribution in [-0.2, 0) is 4.79 Å². The molecule has 0 aromatic carbocycles. The van der Waals surface area contributed by atoms with Gasteiger partial charge in [-0.1, -0.05) is 0 Å². The van der Waals surface area contributed by atoms with E-state index in [2.05, 4.69) is 18.7 Å². The molecule has 0 unspecified atom stereocenters. The van der Waals surface area contributed by atoms with Crippen molar-refractivity contribution in [3.63, 3.8) is 0 Å². The van der Waals surface area contributed by atoms with Crippen LogP contribution in [-0.4, -0.2) is 71.8 Å². The summed E-state index contributed by atoms with van der Waals surface area (Å²) in [6.45, 7) is 10.8. The fraction of sp³-hybridized carbons (Fsp3) is 0.700. The fourth-order valence-electron chi connectivity index (χ4n) is 4.97. The van der Waals surface area contributed by atoms with Gasteiger partial charge >= 0.3 is 0 Å². The van der Waals surface area contributed by atoms with E-state index in [-0.39, 0.29) is 17.7 Å². The van der Waals surface area contributed by atoms with E-state index in [1.54, 1.807) is 12.3 Å².